The second-order valence-electron chi connectivity index (χ2n) is 6.08. The van der Waals surface area contributed by atoms with Gasteiger partial charge in [0, 0.05) is 6.54 Å². The lowest BCUT2D eigenvalue weighted by atomic mass is 9.93. The van der Waals surface area contributed by atoms with Crippen LogP contribution in [0.15, 0.2) is 54.6 Å². The minimum Gasteiger partial charge on any atom is -0.382 e. The second kappa shape index (κ2) is 6.05. The molecule has 126 valence electrons. The van der Waals surface area contributed by atoms with Crippen LogP contribution >= 0.6 is 0 Å². The molecule has 0 spiro atoms. The molecular weight excluding hydrogens is 319 g/mol. The number of benzene rings is 2. The first kappa shape index (κ1) is 15.4. The molecule has 1 atom stereocenters. The number of nitrogen functional groups attached to an aromatic ring is 1. The standard InChI is InChI=1S/C19H17FN4O/c20-14-8-6-12(7-9-14)15-10-11-24(15)19(25)17-16(18(21)23-22-17)13-4-2-1-3-5-13/h1-9,15H,10-11H2,(H3,21,22,23). The molecule has 3 N–H and O–H groups in total. The first-order valence-electron chi connectivity index (χ1n) is 8.11. The Balaban J connectivity index is 1.65. The van der Waals surface area contributed by atoms with E-state index in [1.54, 1.807) is 17.0 Å². The number of hydrogen-bond donors (Lipinski definition) is 2. The monoisotopic (exact) mass is 336 g/mol. The Morgan fingerprint density at radius 3 is 2.52 bits per heavy atom. The van der Waals surface area contributed by atoms with Crippen molar-refractivity contribution in [2.45, 2.75) is 12.5 Å². The van der Waals surface area contributed by atoms with Gasteiger partial charge in [0.25, 0.3) is 5.91 Å². The van der Waals surface area contributed by atoms with Crippen LogP contribution in [0, 0.1) is 5.82 Å². The number of aromatic nitrogens is 2. The molecule has 2 aromatic carbocycles. The van der Waals surface area contributed by atoms with Gasteiger partial charge in [0.2, 0.25) is 0 Å². The molecule has 3 aromatic rings. The number of nitrogens with one attached hydrogen (secondary N) is 1. The van der Waals surface area contributed by atoms with Gasteiger partial charge >= 0.3 is 0 Å². The van der Waals surface area contributed by atoms with Gasteiger partial charge in [-0.15, -0.1) is 0 Å². The molecule has 1 saturated heterocycles. The summed E-state index contributed by atoms with van der Waals surface area (Å²) in [6, 6.07) is 15.7. The summed E-state index contributed by atoms with van der Waals surface area (Å²) in [6.07, 6.45) is 0.849. The molecule has 1 aromatic heterocycles. The molecule has 6 heteroatoms. The van der Waals surface area contributed by atoms with Crippen molar-refractivity contribution in [2.24, 2.45) is 0 Å². The van der Waals surface area contributed by atoms with Gasteiger partial charge in [0.15, 0.2) is 5.82 Å². The van der Waals surface area contributed by atoms with Crippen molar-refractivity contribution in [1.82, 2.24) is 15.1 Å². The SMILES string of the molecule is Nc1n[nH]c(C(=O)N2CCC2c2ccc(F)cc2)c1-c1ccccc1. The Morgan fingerprint density at radius 1 is 1.16 bits per heavy atom. The van der Waals surface area contributed by atoms with Crippen molar-refractivity contribution in [3.8, 4) is 11.1 Å². The van der Waals surface area contributed by atoms with E-state index >= 15 is 0 Å². The Hall–Kier alpha value is -3.15. The lowest BCUT2D eigenvalue weighted by molar-refractivity contribution is 0.0455. The number of carbonyl (C=O) groups is 1. The fraction of sp³-hybridized carbons (Fsp3) is 0.158. The van der Waals surface area contributed by atoms with Gasteiger partial charge in [-0.1, -0.05) is 42.5 Å². The van der Waals surface area contributed by atoms with E-state index in [1.165, 1.54) is 12.1 Å². The third-order valence-corrected chi connectivity index (χ3v) is 4.61. The maximum Gasteiger partial charge on any atom is 0.273 e. The average molecular weight is 336 g/mol. The molecular formula is C19H17FN4O. The van der Waals surface area contributed by atoms with E-state index in [0.717, 1.165) is 17.5 Å². The lowest BCUT2D eigenvalue weighted by Crippen LogP contribution is -2.45. The van der Waals surface area contributed by atoms with Crippen molar-refractivity contribution in [2.75, 3.05) is 12.3 Å². The first-order chi connectivity index (χ1) is 12.1. The Kier molecular flexibility index (Phi) is 3.72. The fourth-order valence-corrected chi connectivity index (χ4v) is 3.21. The number of halogens is 1. The second-order valence-corrected chi connectivity index (χ2v) is 6.08. The predicted octanol–water partition coefficient (Wildman–Crippen LogP) is 3.39. The summed E-state index contributed by atoms with van der Waals surface area (Å²) in [7, 11) is 0. The van der Waals surface area contributed by atoms with Crippen molar-refractivity contribution in [1.29, 1.82) is 0 Å². The van der Waals surface area contributed by atoms with Crippen molar-refractivity contribution < 1.29 is 9.18 Å². The zero-order valence-electron chi connectivity index (χ0n) is 13.4. The van der Waals surface area contributed by atoms with Crippen LogP contribution in [0.1, 0.15) is 28.5 Å². The highest BCUT2D eigenvalue weighted by Gasteiger charge is 2.36. The molecule has 1 fully saturated rings. The number of nitrogens with two attached hydrogens (primary N) is 1. The minimum atomic E-state index is -0.284. The molecule has 0 aliphatic carbocycles. The highest BCUT2D eigenvalue weighted by Crippen LogP contribution is 2.36. The Labute approximate surface area is 144 Å². The first-order valence-corrected chi connectivity index (χ1v) is 8.11. The Morgan fingerprint density at radius 2 is 1.88 bits per heavy atom. The normalized spacial score (nSPS) is 16.5. The number of nitrogens with zero attached hydrogens (tertiary/aromatic N) is 2. The number of hydrogen-bond acceptors (Lipinski definition) is 3. The molecule has 0 bridgehead atoms. The van der Waals surface area contributed by atoms with Crippen LogP contribution in [0.3, 0.4) is 0 Å². The van der Waals surface area contributed by atoms with Gasteiger partial charge in [0.05, 0.1) is 11.6 Å². The van der Waals surface area contributed by atoms with Gasteiger partial charge in [-0.25, -0.2) is 4.39 Å². The summed E-state index contributed by atoms with van der Waals surface area (Å²) < 4.78 is 13.1. The van der Waals surface area contributed by atoms with Crippen LogP contribution in [-0.2, 0) is 0 Å². The van der Waals surface area contributed by atoms with Gasteiger partial charge in [0.1, 0.15) is 11.5 Å². The van der Waals surface area contributed by atoms with Crippen LogP contribution in [0.2, 0.25) is 0 Å². The largest absolute Gasteiger partial charge is 0.382 e. The molecule has 4 rings (SSSR count). The van der Waals surface area contributed by atoms with Gasteiger partial charge in [-0.05, 0) is 29.7 Å². The molecule has 1 amide bonds. The molecule has 25 heavy (non-hydrogen) atoms. The third-order valence-electron chi connectivity index (χ3n) is 4.61. The van der Waals surface area contributed by atoms with E-state index in [0.29, 0.717) is 23.6 Å². The van der Waals surface area contributed by atoms with Crippen LogP contribution in [0.4, 0.5) is 10.2 Å². The number of anilines is 1. The zero-order valence-corrected chi connectivity index (χ0v) is 13.4. The minimum absolute atomic E-state index is 0.0544. The van der Waals surface area contributed by atoms with Crippen molar-refractivity contribution in [3.63, 3.8) is 0 Å². The molecule has 5 nitrogen and oxygen atoms in total. The molecule has 1 aliphatic rings. The average Bonchev–Trinajstić information content (AvgIpc) is 2.98. The lowest BCUT2D eigenvalue weighted by Gasteiger charge is -2.41. The summed E-state index contributed by atoms with van der Waals surface area (Å²) >= 11 is 0. The molecule has 1 unspecified atom stereocenters. The number of H-pyrrole nitrogens is 1. The number of aromatic amines is 1. The number of rotatable bonds is 3. The number of likely N-dealkylation sites (tertiary alicyclic amines) is 1. The smallest absolute Gasteiger partial charge is 0.273 e. The van der Waals surface area contributed by atoms with Crippen molar-refractivity contribution >= 4 is 11.7 Å². The van der Waals surface area contributed by atoms with Crippen molar-refractivity contribution in [3.05, 3.63) is 71.7 Å². The van der Waals surface area contributed by atoms with Gasteiger partial charge in [-0.3, -0.25) is 9.89 Å². The summed E-state index contributed by atoms with van der Waals surface area (Å²) in [6.45, 7) is 0.647. The highest BCUT2D eigenvalue weighted by molar-refractivity contribution is 6.02. The quantitative estimate of drug-likeness (QED) is 0.770. The topological polar surface area (TPSA) is 75.0 Å². The number of carbonyl (C=O) groups excluding carboxylic acids is 1. The van der Waals surface area contributed by atoms with E-state index in [1.807, 2.05) is 30.3 Å². The summed E-state index contributed by atoms with van der Waals surface area (Å²) in [4.78, 5) is 14.8. The van der Waals surface area contributed by atoms with Crippen LogP contribution < -0.4 is 5.73 Å². The summed E-state index contributed by atoms with van der Waals surface area (Å²) in [5, 5.41) is 6.80. The fourth-order valence-electron chi connectivity index (χ4n) is 3.21. The summed E-state index contributed by atoms with van der Waals surface area (Å²) in [5.41, 5.74) is 8.75. The van der Waals surface area contributed by atoms with E-state index in [4.69, 9.17) is 5.73 Å². The molecule has 0 saturated carbocycles. The van der Waals surface area contributed by atoms with Crippen LogP contribution in [0.5, 0.6) is 0 Å². The van der Waals surface area contributed by atoms with E-state index in [-0.39, 0.29) is 17.8 Å². The summed E-state index contributed by atoms with van der Waals surface area (Å²) in [5.74, 6) is -0.134. The van der Waals surface area contributed by atoms with E-state index in [2.05, 4.69) is 10.2 Å². The zero-order chi connectivity index (χ0) is 17.4. The number of amides is 1. The van der Waals surface area contributed by atoms with Crippen LogP contribution in [0.25, 0.3) is 11.1 Å². The maximum absolute atomic E-state index is 13.1. The van der Waals surface area contributed by atoms with E-state index < -0.39 is 0 Å². The molecule has 2 heterocycles. The highest BCUT2D eigenvalue weighted by atomic mass is 19.1. The molecule has 0 radical (unpaired) electrons. The van der Waals surface area contributed by atoms with E-state index in [9.17, 15) is 9.18 Å². The maximum atomic E-state index is 13.1. The predicted molar refractivity (Wildman–Crippen MR) is 93.2 cm³/mol. The Bertz CT molecular complexity index is 905. The third kappa shape index (κ3) is 2.65. The van der Waals surface area contributed by atoms with Crippen LogP contribution in [-0.4, -0.2) is 27.5 Å². The molecule has 1 aliphatic heterocycles. The van der Waals surface area contributed by atoms with Gasteiger partial charge < -0.3 is 10.6 Å². The van der Waals surface area contributed by atoms with Gasteiger partial charge in [-0.2, -0.15) is 5.10 Å².